The monoisotopic (exact) mass is 244 g/mol. The molecule has 0 unspecified atom stereocenters. The molecule has 0 radical (unpaired) electrons. The highest BCUT2D eigenvalue weighted by molar-refractivity contribution is 6.29. The third-order valence-electron chi connectivity index (χ3n) is 2.63. The maximum atomic E-state index is 9.28. The molecule has 1 N–H and O–H groups in total. The molecule has 2 aromatic carbocycles. The van der Waals surface area contributed by atoms with E-state index in [0.717, 1.165) is 16.7 Å². The fourth-order valence-electron chi connectivity index (χ4n) is 1.84. The zero-order valence-electron chi connectivity index (χ0n) is 8.84. The van der Waals surface area contributed by atoms with Crippen LogP contribution in [0.15, 0.2) is 48.5 Å². The highest BCUT2D eigenvalue weighted by Crippen LogP contribution is 2.25. The number of aromatic hydroxyl groups is 1. The summed E-state index contributed by atoms with van der Waals surface area (Å²) in [7, 11) is 0. The Balaban J connectivity index is 2.29. The number of rotatable bonds is 1. The van der Waals surface area contributed by atoms with Crippen LogP contribution in [0.4, 0.5) is 0 Å². The number of hydrogen-bond acceptors (Lipinski definition) is 2. The van der Waals surface area contributed by atoms with Gasteiger partial charge >= 0.3 is 0 Å². The minimum absolute atomic E-state index is 0.231. The highest BCUT2D eigenvalue weighted by Gasteiger charge is 2.09. The lowest BCUT2D eigenvalue weighted by molar-refractivity contribution is 0.475. The van der Waals surface area contributed by atoms with Crippen molar-refractivity contribution >= 4 is 22.6 Å². The number of aromatic nitrogens is 2. The summed E-state index contributed by atoms with van der Waals surface area (Å²) in [5.41, 5.74) is 2.68. The van der Waals surface area contributed by atoms with Crippen molar-refractivity contribution in [1.29, 1.82) is 0 Å². The molecule has 0 fully saturated rings. The smallest absolute Gasteiger partial charge is 0.208 e. The lowest BCUT2D eigenvalue weighted by Gasteiger charge is -2.05. The quantitative estimate of drug-likeness (QED) is 0.713. The molecule has 0 atom stereocenters. The Morgan fingerprint density at radius 1 is 1.00 bits per heavy atom. The normalized spacial score (nSPS) is 10.9. The summed E-state index contributed by atoms with van der Waals surface area (Å²) in [6.07, 6.45) is 0. The Morgan fingerprint density at radius 2 is 1.71 bits per heavy atom. The van der Waals surface area contributed by atoms with Crippen LogP contribution in [0, 0.1) is 0 Å². The molecule has 3 nitrogen and oxygen atoms in total. The number of benzene rings is 2. The maximum absolute atomic E-state index is 9.28. The van der Waals surface area contributed by atoms with E-state index in [1.165, 1.54) is 0 Å². The highest BCUT2D eigenvalue weighted by atomic mass is 35.5. The molecule has 3 rings (SSSR count). The number of imidazole rings is 1. The predicted molar refractivity (Wildman–Crippen MR) is 67.7 cm³/mol. The largest absolute Gasteiger partial charge is 0.508 e. The molecule has 0 aliphatic rings. The SMILES string of the molecule is Oc1ccc(-n2c(Cl)nc3ccccc32)cc1. The van der Waals surface area contributed by atoms with E-state index in [1.54, 1.807) is 24.3 Å². The van der Waals surface area contributed by atoms with Crippen LogP contribution in [0.3, 0.4) is 0 Å². The van der Waals surface area contributed by atoms with Gasteiger partial charge in [0, 0.05) is 5.69 Å². The van der Waals surface area contributed by atoms with Crippen molar-refractivity contribution in [3.8, 4) is 11.4 Å². The molecule has 0 amide bonds. The summed E-state index contributed by atoms with van der Waals surface area (Å²) in [4.78, 5) is 4.28. The van der Waals surface area contributed by atoms with E-state index < -0.39 is 0 Å². The Kier molecular flexibility index (Phi) is 2.27. The van der Waals surface area contributed by atoms with Crippen molar-refractivity contribution in [1.82, 2.24) is 9.55 Å². The van der Waals surface area contributed by atoms with Crippen LogP contribution in [0.25, 0.3) is 16.7 Å². The third kappa shape index (κ3) is 1.65. The molecule has 1 aromatic heterocycles. The second-order valence-electron chi connectivity index (χ2n) is 3.72. The van der Waals surface area contributed by atoms with Gasteiger partial charge in [-0.05, 0) is 48.0 Å². The maximum Gasteiger partial charge on any atom is 0.208 e. The molecular weight excluding hydrogens is 236 g/mol. The van der Waals surface area contributed by atoms with Crippen molar-refractivity contribution < 1.29 is 5.11 Å². The average molecular weight is 245 g/mol. The van der Waals surface area contributed by atoms with Crippen LogP contribution in [0.5, 0.6) is 5.75 Å². The Morgan fingerprint density at radius 3 is 2.47 bits per heavy atom. The number of phenols is 1. The van der Waals surface area contributed by atoms with Crippen molar-refractivity contribution in [3.05, 3.63) is 53.8 Å². The summed E-state index contributed by atoms with van der Waals surface area (Å²) < 4.78 is 1.84. The standard InChI is InChI=1S/C13H9ClN2O/c14-13-15-11-3-1-2-4-12(11)16(13)9-5-7-10(17)8-6-9/h1-8,17H. The lowest BCUT2D eigenvalue weighted by atomic mass is 10.2. The molecule has 0 aliphatic carbocycles. The van der Waals surface area contributed by atoms with Gasteiger partial charge in [0.05, 0.1) is 11.0 Å². The lowest BCUT2D eigenvalue weighted by Crippen LogP contribution is -1.93. The van der Waals surface area contributed by atoms with Gasteiger partial charge in [0.15, 0.2) is 0 Å². The van der Waals surface area contributed by atoms with E-state index in [9.17, 15) is 5.11 Å². The van der Waals surface area contributed by atoms with Gasteiger partial charge in [0.2, 0.25) is 5.28 Å². The van der Waals surface area contributed by atoms with E-state index in [2.05, 4.69) is 4.98 Å². The molecule has 3 aromatic rings. The fourth-order valence-corrected chi connectivity index (χ4v) is 2.12. The van der Waals surface area contributed by atoms with Gasteiger partial charge < -0.3 is 5.11 Å². The first-order chi connectivity index (χ1) is 8.25. The van der Waals surface area contributed by atoms with Crippen molar-refractivity contribution in [2.24, 2.45) is 0 Å². The van der Waals surface area contributed by atoms with Crippen LogP contribution >= 0.6 is 11.6 Å². The van der Waals surface area contributed by atoms with Gasteiger partial charge in [-0.2, -0.15) is 0 Å². The zero-order valence-corrected chi connectivity index (χ0v) is 9.59. The van der Waals surface area contributed by atoms with Gasteiger partial charge in [-0.3, -0.25) is 4.57 Å². The minimum atomic E-state index is 0.231. The number of fused-ring (bicyclic) bond motifs is 1. The molecule has 0 saturated carbocycles. The fraction of sp³-hybridized carbons (Fsp3) is 0. The average Bonchev–Trinajstić information content (AvgIpc) is 2.66. The van der Waals surface area contributed by atoms with E-state index in [1.807, 2.05) is 28.8 Å². The molecule has 4 heteroatoms. The van der Waals surface area contributed by atoms with Gasteiger partial charge in [-0.15, -0.1) is 0 Å². The number of halogens is 1. The van der Waals surface area contributed by atoms with Gasteiger partial charge in [0.1, 0.15) is 5.75 Å². The Bertz CT molecular complexity index is 673. The Labute approximate surface area is 103 Å². The first-order valence-corrected chi connectivity index (χ1v) is 5.56. The van der Waals surface area contributed by atoms with Crippen molar-refractivity contribution in [2.75, 3.05) is 0 Å². The third-order valence-corrected chi connectivity index (χ3v) is 2.88. The first kappa shape index (κ1) is 10.2. The van der Waals surface area contributed by atoms with Crippen LogP contribution < -0.4 is 0 Å². The Hall–Kier alpha value is -2.00. The van der Waals surface area contributed by atoms with Crippen LogP contribution in [0.2, 0.25) is 5.28 Å². The van der Waals surface area contributed by atoms with Crippen LogP contribution in [0.1, 0.15) is 0 Å². The van der Waals surface area contributed by atoms with Crippen molar-refractivity contribution in [2.45, 2.75) is 0 Å². The number of hydrogen-bond donors (Lipinski definition) is 1. The summed E-state index contributed by atoms with van der Waals surface area (Å²) in [5.74, 6) is 0.231. The topological polar surface area (TPSA) is 38.0 Å². The summed E-state index contributed by atoms with van der Waals surface area (Å²) in [6, 6.07) is 14.6. The van der Waals surface area contributed by atoms with Gasteiger partial charge in [-0.25, -0.2) is 4.98 Å². The molecule has 0 bridgehead atoms. The van der Waals surface area contributed by atoms with Gasteiger partial charge in [0.25, 0.3) is 0 Å². The van der Waals surface area contributed by atoms with E-state index in [-0.39, 0.29) is 5.75 Å². The van der Waals surface area contributed by atoms with E-state index >= 15 is 0 Å². The summed E-state index contributed by atoms with van der Waals surface area (Å²) >= 11 is 6.13. The second-order valence-corrected chi connectivity index (χ2v) is 4.06. The second kappa shape index (κ2) is 3.79. The number of para-hydroxylation sites is 2. The molecule has 84 valence electrons. The number of phenolic OH excluding ortho intramolecular Hbond substituents is 1. The molecule has 17 heavy (non-hydrogen) atoms. The minimum Gasteiger partial charge on any atom is -0.508 e. The molecule has 1 heterocycles. The van der Waals surface area contributed by atoms with E-state index in [4.69, 9.17) is 11.6 Å². The summed E-state index contributed by atoms with van der Waals surface area (Å²) in [5, 5.41) is 9.69. The van der Waals surface area contributed by atoms with E-state index in [0.29, 0.717) is 5.28 Å². The summed E-state index contributed by atoms with van der Waals surface area (Å²) in [6.45, 7) is 0. The predicted octanol–water partition coefficient (Wildman–Crippen LogP) is 3.38. The molecule has 0 aliphatic heterocycles. The van der Waals surface area contributed by atoms with Crippen LogP contribution in [-0.4, -0.2) is 14.7 Å². The molecular formula is C13H9ClN2O. The van der Waals surface area contributed by atoms with Gasteiger partial charge in [-0.1, -0.05) is 12.1 Å². The molecule has 0 saturated heterocycles. The zero-order chi connectivity index (χ0) is 11.8. The van der Waals surface area contributed by atoms with Crippen LogP contribution in [-0.2, 0) is 0 Å². The first-order valence-electron chi connectivity index (χ1n) is 5.18. The van der Waals surface area contributed by atoms with Crippen molar-refractivity contribution in [3.63, 3.8) is 0 Å². The molecule has 0 spiro atoms. The number of nitrogens with zero attached hydrogens (tertiary/aromatic N) is 2.